The Bertz CT molecular complexity index is 534. The molecule has 1 atom stereocenters. The summed E-state index contributed by atoms with van der Waals surface area (Å²) in [5.41, 5.74) is 4.04. The number of nitrogens with one attached hydrogen (secondary N) is 1. The lowest BCUT2D eigenvalue weighted by Crippen LogP contribution is -2.21. The summed E-state index contributed by atoms with van der Waals surface area (Å²) in [5.74, 6) is 0.881. The van der Waals surface area contributed by atoms with Crippen LogP contribution in [0.1, 0.15) is 41.8 Å². The van der Waals surface area contributed by atoms with Gasteiger partial charge in [-0.05, 0) is 57.0 Å². The largest absolute Gasteiger partial charge is 0.467 e. The van der Waals surface area contributed by atoms with Crippen molar-refractivity contribution in [3.63, 3.8) is 0 Å². The van der Waals surface area contributed by atoms with E-state index in [0.29, 0.717) is 12.6 Å². The topological polar surface area (TPSA) is 34.4 Å². The summed E-state index contributed by atoms with van der Waals surface area (Å²) >= 11 is 0. The minimum atomic E-state index is 0.371. The molecule has 1 unspecified atom stereocenters. The van der Waals surface area contributed by atoms with Crippen LogP contribution in [-0.2, 0) is 11.3 Å². The Morgan fingerprint density at radius 2 is 2.10 bits per heavy atom. The average Bonchev–Trinajstić information content (AvgIpc) is 2.95. The van der Waals surface area contributed by atoms with E-state index in [1.165, 1.54) is 16.7 Å². The Kier molecular flexibility index (Phi) is 6.03. The highest BCUT2D eigenvalue weighted by Crippen LogP contribution is 2.18. The van der Waals surface area contributed by atoms with Gasteiger partial charge in [-0.1, -0.05) is 23.8 Å². The quantitative estimate of drug-likeness (QED) is 0.740. The molecule has 0 bridgehead atoms. The first kappa shape index (κ1) is 15.8. The number of furan rings is 1. The summed E-state index contributed by atoms with van der Waals surface area (Å²) in [7, 11) is 0. The summed E-state index contributed by atoms with van der Waals surface area (Å²) in [6, 6.07) is 10.8. The molecule has 1 aromatic heterocycles. The normalized spacial score (nSPS) is 12.5. The molecule has 2 aromatic rings. The molecule has 114 valence electrons. The van der Waals surface area contributed by atoms with Crippen LogP contribution in [0, 0.1) is 13.8 Å². The summed E-state index contributed by atoms with van der Waals surface area (Å²) in [6.07, 6.45) is 2.67. The van der Waals surface area contributed by atoms with Crippen molar-refractivity contribution in [2.45, 2.75) is 39.8 Å². The lowest BCUT2D eigenvalue weighted by Gasteiger charge is -2.17. The first-order valence-electron chi connectivity index (χ1n) is 7.57. The minimum Gasteiger partial charge on any atom is -0.467 e. The standard InChI is InChI=1S/C18H25NO2/c1-14-7-8-18(15(2)12-14)16(3)19-9-5-10-20-13-17-6-4-11-21-17/h4,6-8,11-12,16,19H,5,9-10,13H2,1-3H3. The van der Waals surface area contributed by atoms with Gasteiger partial charge in [0.2, 0.25) is 0 Å². The minimum absolute atomic E-state index is 0.371. The van der Waals surface area contributed by atoms with Gasteiger partial charge in [0.15, 0.2) is 0 Å². The molecular formula is C18H25NO2. The highest BCUT2D eigenvalue weighted by molar-refractivity contribution is 5.32. The van der Waals surface area contributed by atoms with Gasteiger partial charge in [0.1, 0.15) is 12.4 Å². The van der Waals surface area contributed by atoms with Gasteiger partial charge in [0, 0.05) is 12.6 Å². The SMILES string of the molecule is Cc1ccc(C(C)NCCCOCc2ccco2)c(C)c1. The Labute approximate surface area is 127 Å². The van der Waals surface area contributed by atoms with Crippen LogP contribution in [-0.4, -0.2) is 13.2 Å². The first-order chi connectivity index (χ1) is 10.2. The van der Waals surface area contributed by atoms with Gasteiger partial charge in [-0.3, -0.25) is 0 Å². The molecule has 3 heteroatoms. The molecule has 0 spiro atoms. The molecule has 0 amide bonds. The third kappa shape index (κ3) is 5.03. The van der Waals surface area contributed by atoms with Crippen LogP contribution >= 0.6 is 0 Å². The molecule has 0 fully saturated rings. The van der Waals surface area contributed by atoms with E-state index in [0.717, 1.165) is 25.3 Å². The van der Waals surface area contributed by atoms with Crippen molar-refractivity contribution < 1.29 is 9.15 Å². The van der Waals surface area contributed by atoms with Crippen molar-refractivity contribution >= 4 is 0 Å². The number of aryl methyl sites for hydroxylation is 2. The third-order valence-electron chi connectivity index (χ3n) is 3.63. The third-order valence-corrected chi connectivity index (χ3v) is 3.63. The number of benzene rings is 1. The van der Waals surface area contributed by atoms with Crippen LogP contribution in [0.15, 0.2) is 41.0 Å². The maximum atomic E-state index is 5.57. The van der Waals surface area contributed by atoms with Crippen molar-refractivity contribution in [3.05, 3.63) is 59.0 Å². The molecule has 0 aliphatic heterocycles. The van der Waals surface area contributed by atoms with Gasteiger partial charge in [-0.25, -0.2) is 0 Å². The van der Waals surface area contributed by atoms with Gasteiger partial charge in [-0.2, -0.15) is 0 Å². The number of hydrogen-bond donors (Lipinski definition) is 1. The second-order valence-corrected chi connectivity index (χ2v) is 5.52. The lowest BCUT2D eigenvalue weighted by atomic mass is 10.0. The first-order valence-corrected chi connectivity index (χ1v) is 7.57. The Hall–Kier alpha value is -1.58. The molecule has 3 nitrogen and oxygen atoms in total. The Balaban J connectivity index is 1.63. The van der Waals surface area contributed by atoms with Crippen LogP contribution in [0.5, 0.6) is 0 Å². The maximum Gasteiger partial charge on any atom is 0.129 e. The molecule has 0 aliphatic rings. The summed E-state index contributed by atoms with van der Waals surface area (Å²) in [6.45, 7) is 8.76. The Morgan fingerprint density at radius 3 is 2.81 bits per heavy atom. The fraction of sp³-hybridized carbons (Fsp3) is 0.444. The highest BCUT2D eigenvalue weighted by Gasteiger charge is 2.07. The molecule has 0 aliphatic carbocycles. The smallest absolute Gasteiger partial charge is 0.129 e. The fourth-order valence-electron chi connectivity index (χ4n) is 2.48. The van der Waals surface area contributed by atoms with Crippen molar-refractivity contribution in [1.82, 2.24) is 5.32 Å². The van der Waals surface area contributed by atoms with E-state index in [4.69, 9.17) is 9.15 Å². The van der Waals surface area contributed by atoms with E-state index in [-0.39, 0.29) is 0 Å². The number of ether oxygens (including phenoxy) is 1. The monoisotopic (exact) mass is 287 g/mol. The predicted molar refractivity (Wildman–Crippen MR) is 85.3 cm³/mol. The van der Waals surface area contributed by atoms with Crippen molar-refractivity contribution in [2.75, 3.05) is 13.2 Å². The van der Waals surface area contributed by atoms with E-state index in [1.807, 2.05) is 12.1 Å². The molecule has 21 heavy (non-hydrogen) atoms. The van der Waals surface area contributed by atoms with Crippen LogP contribution in [0.4, 0.5) is 0 Å². The molecule has 2 rings (SSSR count). The van der Waals surface area contributed by atoms with E-state index < -0.39 is 0 Å². The zero-order valence-electron chi connectivity index (χ0n) is 13.2. The van der Waals surface area contributed by atoms with Gasteiger partial charge in [0.25, 0.3) is 0 Å². The molecule has 0 saturated carbocycles. The average molecular weight is 287 g/mol. The molecular weight excluding hydrogens is 262 g/mol. The van der Waals surface area contributed by atoms with Gasteiger partial charge in [0.05, 0.1) is 6.26 Å². The van der Waals surface area contributed by atoms with Crippen molar-refractivity contribution in [3.8, 4) is 0 Å². The van der Waals surface area contributed by atoms with Gasteiger partial charge < -0.3 is 14.5 Å². The van der Waals surface area contributed by atoms with E-state index in [1.54, 1.807) is 6.26 Å². The molecule has 0 radical (unpaired) electrons. The zero-order chi connectivity index (χ0) is 15.1. The van der Waals surface area contributed by atoms with Crippen LogP contribution in [0.3, 0.4) is 0 Å². The van der Waals surface area contributed by atoms with Gasteiger partial charge >= 0.3 is 0 Å². The van der Waals surface area contributed by atoms with E-state index in [9.17, 15) is 0 Å². The molecule has 0 saturated heterocycles. The molecule has 1 aromatic carbocycles. The maximum absolute atomic E-state index is 5.57. The van der Waals surface area contributed by atoms with E-state index >= 15 is 0 Å². The number of rotatable bonds is 8. The van der Waals surface area contributed by atoms with Crippen LogP contribution in [0.25, 0.3) is 0 Å². The second-order valence-electron chi connectivity index (χ2n) is 5.52. The zero-order valence-corrected chi connectivity index (χ0v) is 13.2. The van der Waals surface area contributed by atoms with Gasteiger partial charge in [-0.15, -0.1) is 0 Å². The van der Waals surface area contributed by atoms with Crippen molar-refractivity contribution in [1.29, 1.82) is 0 Å². The molecule has 1 N–H and O–H groups in total. The lowest BCUT2D eigenvalue weighted by molar-refractivity contribution is 0.104. The summed E-state index contributed by atoms with van der Waals surface area (Å²) in [4.78, 5) is 0. The predicted octanol–water partition coefficient (Wildman–Crippen LogP) is 4.15. The van der Waals surface area contributed by atoms with Crippen LogP contribution in [0.2, 0.25) is 0 Å². The van der Waals surface area contributed by atoms with Crippen LogP contribution < -0.4 is 5.32 Å². The fourth-order valence-corrected chi connectivity index (χ4v) is 2.48. The summed E-state index contributed by atoms with van der Waals surface area (Å²) in [5, 5.41) is 3.55. The molecule has 1 heterocycles. The van der Waals surface area contributed by atoms with Crippen molar-refractivity contribution in [2.24, 2.45) is 0 Å². The second kappa shape index (κ2) is 8.01. The highest BCUT2D eigenvalue weighted by atomic mass is 16.5. The summed E-state index contributed by atoms with van der Waals surface area (Å²) < 4.78 is 10.8. The Morgan fingerprint density at radius 1 is 1.24 bits per heavy atom. The number of hydrogen-bond acceptors (Lipinski definition) is 3. The van der Waals surface area contributed by atoms with E-state index in [2.05, 4.69) is 44.3 Å².